The predicted octanol–water partition coefficient (Wildman–Crippen LogP) is 3.64. The molecule has 0 aromatic heterocycles. The number of nitrogens with zero attached hydrogens (tertiary/aromatic N) is 1. The molecule has 1 fully saturated rings. The molecule has 0 bridgehead atoms. The van der Waals surface area contributed by atoms with E-state index >= 15 is 0 Å². The second-order valence-electron chi connectivity index (χ2n) is 5.64. The van der Waals surface area contributed by atoms with Crippen molar-refractivity contribution in [1.82, 2.24) is 5.32 Å². The number of methoxy groups -OCH3 is 1. The maximum Gasteiger partial charge on any atom is 0.321 e. The number of carbonyl (C=O) groups excluding carboxylic acids is 2. The zero-order valence-corrected chi connectivity index (χ0v) is 15.7. The van der Waals surface area contributed by atoms with Gasteiger partial charge in [-0.1, -0.05) is 15.9 Å². The fraction of sp³-hybridized carbons (Fsp3) is 0.158. The molecule has 1 heterocycles. The molecule has 1 saturated heterocycles. The van der Waals surface area contributed by atoms with Gasteiger partial charge in [0.25, 0.3) is 0 Å². The third-order valence-corrected chi connectivity index (χ3v) is 4.40. The van der Waals surface area contributed by atoms with E-state index in [1.54, 1.807) is 30.2 Å². The lowest BCUT2D eigenvalue weighted by Crippen LogP contribution is -2.27. The van der Waals surface area contributed by atoms with Crippen molar-refractivity contribution in [3.63, 3.8) is 0 Å². The highest BCUT2D eigenvalue weighted by atomic mass is 79.9. The summed E-state index contributed by atoms with van der Waals surface area (Å²) in [6.07, 6.45) is 3.15. The predicted molar refractivity (Wildman–Crippen MR) is 106 cm³/mol. The average Bonchev–Trinajstić information content (AvgIpc) is 3.07. The average molecular weight is 416 g/mol. The zero-order chi connectivity index (χ0) is 18.5. The van der Waals surface area contributed by atoms with Crippen molar-refractivity contribution in [2.75, 3.05) is 30.4 Å². The first-order chi connectivity index (χ1) is 12.6. The summed E-state index contributed by atoms with van der Waals surface area (Å²) in [7, 11) is 1.59. The monoisotopic (exact) mass is 415 g/mol. The Morgan fingerprint density at radius 1 is 1.27 bits per heavy atom. The van der Waals surface area contributed by atoms with Crippen LogP contribution in [0.5, 0.6) is 5.75 Å². The van der Waals surface area contributed by atoms with Crippen LogP contribution >= 0.6 is 15.9 Å². The van der Waals surface area contributed by atoms with Gasteiger partial charge in [0.05, 0.1) is 7.11 Å². The lowest BCUT2D eigenvalue weighted by atomic mass is 10.2. The van der Waals surface area contributed by atoms with E-state index in [-0.39, 0.29) is 11.9 Å². The molecule has 26 heavy (non-hydrogen) atoms. The van der Waals surface area contributed by atoms with Gasteiger partial charge in [0, 0.05) is 40.6 Å². The van der Waals surface area contributed by atoms with E-state index in [9.17, 15) is 9.59 Å². The molecule has 1 aliphatic heterocycles. The normalized spacial score (nSPS) is 13.8. The van der Waals surface area contributed by atoms with Gasteiger partial charge < -0.3 is 15.4 Å². The van der Waals surface area contributed by atoms with Gasteiger partial charge in [0.2, 0.25) is 5.91 Å². The summed E-state index contributed by atoms with van der Waals surface area (Å²) in [5.74, 6) is 0.434. The highest BCUT2D eigenvalue weighted by Crippen LogP contribution is 2.24. The Kier molecular flexibility index (Phi) is 5.58. The maximum absolute atomic E-state index is 12.1. The van der Waals surface area contributed by atoms with Crippen LogP contribution in [0.3, 0.4) is 0 Å². The first-order valence-corrected chi connectivity index (χ1v) is 8.84. The first-order valence-electron chi connectivity index (χ1n) is 8.05. The number of benzene rings is 2. The standard InChI is InChI=1S/C19H18BrN3O3/c1-26-17-8-3-14(20)12-13(17)2-9-18(24)22-15-4-6-16(7-5-15)23-11-10-21-19(23)25/h2-9,12H,10-11H2,1H3,(H,21,25)(H,22,24)/b9-2+. The number of amides is 3. The quantitative estimate of drug-likeness (QED) is 0.732. The smallest absolute Gasteiger partial charge is 0.321 e. The molecule has 2 aromatic rings. The topological polar surface area (TPSA) is 70.7 Å². The molecule has 1 aliphatic rings. The summed E-state index contributed by atoms with van der Waals surface area (Å²) >= 11 is 3.40. The fourth-order valence-corrected chi connectivity index (χ4v) is 3.01. The third-order valence-electron chi connectivity index (χ3n) is 3.91. The highest BCUT2D eigenvalue weighted by molar-refractivity contribution is 9.10. The van der Waals surface area contributed by atoms with Crippen LogP contribution in [-0.2, 0) is 4.79 Å². The van der Waals surface area contributed by atoms with Gasteiger partial charge in [0.15, 0.2) is 0 Å². The summed E-state index contributed by atoms with van der Waals surface area (Å²) in [4.78, 5) is 25.5. The Labute approximate surface area is 160 Å². The first kappa shape index (κ1) is 18.0. The fourth-order valence-electron chi connectivity index (χ4n) is 2.63. The number of hydrogen-bond acceptors (Lipinski definition) is 3. The summed E-state index contributed by atoms with van der Waals surface area (Å²) in [5, 5.41) is 5.55. The van der Waals surface area contributed by atoms with Crippen LogP contribution in [0.2, 0.25) is 0 Å². The molecular weight excluding hydrogens is 398 g/mol. The molecule has 2 aromatic carbocycles. The van der Waals surface area contributed by atoms with Crippen LogP contribution in [-0.4, -0.2) is 32.1 Å². The van der Waals surface area contributed by atoms with Crippen molar-refractivity contribution in [3.05, 3.63) is 58.6 Å². The Hall–Kier alpha value is -2.80. The second-order valence-corrected chi connectivity index (χ2v) is 6.55. The van der Waals surface area contributed by atoms with Gasteiger partial charge in [-0.15, -0.1) is 0 Å². The van der Waals surface area contributed by atoms with E-state index < -0.39 is 0 Å². The van der Waals surface area contributed by atoms with Crippen LogP contribution in [0.1, 0.15) is 5.56 Å². The molecule has 3 amide bonds. The molecule has 134 valence electrons. The highest BCUT2D eigenvalue weighted by Gasteiger charge is 2.20. The SMILES string of the molecule is COc1ccc(Br)cc1/C=C/C(=O)Nc1ccc(N2CCNC2=O)cc1. The van der Waals surface area contributed by atoms with Crippen molar-refractivity contribution in [3.8, 4) is 5.75 Å². The Balaban J connectivity index is 1.65. The van der Waals surface area contributed by atoms with Crippen LogP contribution in [0.25, 0.3) is 6.08 Å². The number of rotatable bonds is 5. The molecule has 6 nitrogen and oxygen atoms in total. The van der Waals surface area contributed by atoms with E-state index in [1.807, 2.05) is 30.3 Å². The van der Waals surface area contributed by atoms with E-state index in [0.717, 1.165) is 15.7 Å². The van der Waals surface area contributed by atoms with Gasteiger partial charge in [0.1, 0.15) is 5.75 Å². The lowest BCUT2D eigenvalue weighted by Gasteiger charge is -2.14. The molecule has 0 aliphatic carbocycles. The molecule has 0 spiro atoms. The number of nitrogens with one attached hydrogen (secondary N) is 2. The van der Waals surface area contributed by atoms with Gasteiger partial charge in [-0.3, -0.25) is 9.69 Å². The number of halogens is 1. The Morgan fingerprint density at radius 3 is 2.69 bits per heavy atom. The van der Waals surface area contributed by atoms with E-state index in [4.69, 9.17) is 4.74 Å². The Bertz CT molecular complexity index is 850. The van der Waals surface area contributed by atoms with Gasteiger partial charge in [-0.25, -0.2) is 4.79 Å². The van der Waals surface area contributed by atoms with Crippen molar-refractivity contribution < 1.29 is 14.3 Å². The van der Waals surface area contributed by atoms with Gasteiger partial charge in [-0.05, 0) is 48.5 Å². The van der Waals surface area contributed by atoms with Crippen molar-refractivity contribution in [2.45, 2.75) is 0 Å². The van der Waals surface area contributed by atoms with Crippen LogP contribution in [0.4, 0.5) is 16.2 Å². The molecule has 3 rings (SSSR count). The third kappa shape index (κ3) is 4.23. The zero-order valence-electron chi connectivity index (χ0n) is 14.2. The number of ether oxygens (including phenoxy) is 1. The summed E-state index contributed by atoms with van der Waals surface area (Å²) in [6.45, 7) is 1.28. The minimum Gasteiger partial charge on any atom is -0.496 e. The molecule has 0 radical (unpaired) electrons. The number of anilines is 2. The molecule has 0 atom stereocenters. The second kappa shape index (κ2) is 8.05. The number of urea groups is 1. The van der Waals surface area contributed by atoms with E-state index in [1.165, 1.54) is 6.08 Å². The summed E-state index contributed by atoms with van der Waals surface area (Å²) in [5.41, 5.74) is 2.25. The minimum absolute atomic E-state index is 0.104. The molecule has 2 N–H and O–H groups in total. The number of carbonyl (C=O) groups is 2. The van der Waals surface area contributed by atoms with Crippen molar-refractivity contribution >= 4 is 45.3 Å². The van der Waals surface area contributed by atoms with Gasteiger partial charge >= 0.3 is 6.03 Å². The Morgan fingerprint density at radius 2 is 2.04 bits per heavy atom. The molecule has 7 heteroatoms. The van der Waals surface area contributed by atoms with E-state index in [0.29, 0.717) is 24.5 Å². The van der Waals surface area contributed by atoms with Crippen LogP contribution < -0.4 is 20.3 Å². The largest absolute Gasteiger partial charge is 0.496 e. The van der Waals surface area contributed by atoms with Crippen molar-refractivity contribution in [1.29, 1.82) is 0 Å². The van der Waals surface area contributed by atoms with Crippen LogP contribution in [0, 0.1) is 0 Å². The molecule has 0 unspecified atom stereocenters. The number of hydrogen-bond donors (Lipinski definition) is 2. The van der Waals surface area contributed by atoms with Gasteiger partial charge in [-0.2, -0.15) is 0 Å². The summed E-state index contributed by atoms with van der Waals surface area (Å²) in [6, 6.07) is 12.6. The molecule has 0 saturated carbocycles. The minimum atomic E-state index is -0.251. The van der Waals surface area contributed by atoms with Crippen LogP contribution in [0.15, 0.2) is 53.0 Å². The molecular formula is C19H18BrN3O3. The summed E-state index contributed by atoms with van der Waals surface area (Å²) < 4.78 is 6.18. The lowest BCUT2D eigenvalue weighted by molar-refractivity contribution is -0.111. The van der Waals surface area contributed by atoms with E-state index in [2.05, 4.69) is 26.6 Å². The van der Waals surface area contributed by atoms with Crippen molar-refractivity contribution in [2.24, 2.45) is 0 Å². The maximum atomic E-state index is 12.1.